The Morgan fingerprint density at radius 1 is 1.19 bits per heavy atom. The molecule has 0 saturated heterocycles. The number of alkyl halides is 3. The predicted octanol–water partition coefficient (Wildman–Crippen LogP) is 2.64. The molecule has 36 heavy (non-hydrogen) atoms. The number of ether oxygens (including phenoxy) is 2. The summed E-state index contributed by atoms with van der Waals surface area (Å²) in [7, 11) is 0. The van der Waals surface area contributed by atoms with E-state index < -0.39 is 53.5 Å². The highest BCUT2D eigenvalue weighted by molar-refractivity contribution is 6.30. The van der Waals surface area contributed by atoms with Crippen LogP contribution in [0.25, 0.3) is 0 Å². The zero-order valence-corrected chi connectivity index (χ0v) is 18.5. The van der Waals surface area contributed by atoms with Crippen molar-refractivity contribution in [3.63, 3.8) is 0 Å². The third-order valence-corrected chi connectivity index (χ3v) is 4.72. The summed E-state index contributed by atoms with van der Waals surface area (Å²) >= 11 is 5.76. The van der Waals surface area contributed by atoms with E-state index in [0.717, 1.165) is 24.4 Å². The molecule has 0 fully saturated rings. The summed E-state index contributed by atoms with van der Waals surface area (Å²) < 4.78 is 65.9. The van der Waals surface area contributed by atoms with Gasteiger partial charge in [-0.1, -0.05) is 11.6 Å². The summed E-state index contributed by atoms with van der Waals surface area (Å²) in [5.74, 6) is -3.90. The number of halogens is 5. The lowest BCUT2D eigenvalue weighted by molar-refractivity contribution is -0.614. The molecule has 3 aromatic rings. The van der Waals surface area contributed by atoms with Crippen molar-refractivity contribution in [2.45, 2.75) is 12.7 Å². The van der Waals surface area contributed by atoms with Gasteiger partial charge in [-0.3, -0.25) is 9.36 Å². The van der Waals surface area contributed by atoms with Crippen molar-refractivity contribution >= 4 is 11.6 Å². The van der Waals surface area contributed by atoms with Gasteiger partial charge in [-0.05, 0) is 6.07 Å². The van der Waals surface area contributed by atoms with E-state index in [1.807, 2.05) is 0 Å². The Morgan fingerprint density at radius 2 is 1.89 bits per heavy atom. The molecule has 3 rings (SSSR count). The molecule has 15 heteroatoms. The van der Waals surface area contributed by atoms with Crippen molar-refractivity contribution in [3.05, 3.63) is 79.6 Å². The van der Waals surface area contributed by atoms with Gasteiger partial charge in [0, 0.05) is 17.2 Å². The van der Waals surface area contributed by atoms with Gasteiger partial charge in [-0.15, -0.1) is 0 Å². The molecule has 0 atom stereocenters. The van der Waals surface area contributed by atoms with E-state index in [1.54, 1.807) is 6.07 Å². The van der Waals surface area contributed by atoms with Crippen LogP contribution in [0.5, 0.6) is 17.2 Å². The molecule has 0 amide bonds. The first-order valence-corrected chi connectivity index (χ1v) is 10.0. The highest BCUT2D eigenvalue weighted by atomic mass is 35.5. The first-order valence-electron chi connectivity index (χ1n) is 9.63. The minimum atomic E-state index is -5.20. The van der Waals surface area contributed by atoms with E-state index in [2.05, 4.69) is 4.98 Å². The molecule has 0 bridgehead atoms. The lowest BCUT2D eigenvalue weighted by Crippen LogP contribution is -2.36. The van der Waals surface area contributed by atoms with Crippen molar-refractivity contribution < 1.29 is 36.9 Å². The fourth-order valence-corrected chi connectivity index (χ4v) is 3.12. The quantitative estimate of drug-likeness (QED) is 0.281. The number of nitriles is 2. The van der Waals surface area contributed by atoms with Crippen LogP contribution >= 0.6 is 11.6 Å². The summed E-state index contributed by atoms with van der Waals surface area (Å²) in [6.45, 7) is -1.28. The average molecular weight is 526 g/mol. The van der Waals surface area contributed by atoms with E-state index in [0.29, 0.717) is 10.9 Å². The lowest BCUT2D eigenvalue weighted by Gasteiger charge is -2.15. The molecule has 0 saturated carbocycles. The van der Waals surface area contributed by atoms with Crippen molar-refractivity contribution in [2.75, 3.05) is 13.2 Å². The van der Waals surface area contributed by atoms with Gasteiger partial charge in [-0.2, -0.15) is 28.4 Å². The second-order valence-corrected chi connectivity index (χ2v) is 7.32. The van der Waals surface area contributed by atoms with Crippen LogP contribution in [0.2, 0.25) is 5.02 Å². The second-order valence-electron chi connectivity index (χ2n) is 6.88. The molecule has 0 aliphatic rings. The van der Waals surface area contributed by atoms with Crippen LogP contribution in [-0.4, -0.2) is 27.9 Å². The minimum absolute atomic E-state index is 0.153. The van der Waals surface area contributed by atoms with E-state index in [1.165, 1.54) is 6.07 Å². The monoisotopic (exact) mass is 525 g/mol. The summed E-state index contributed by atoms with van der Waals surface area (Å²) in [6, 6.07) is 5.91. The van der Waals surface area contributed by atoms with Crippen LogP contribution in [0.4, 0.5) is 17.6 Å². The maximum Gasteiger partial charge on any atom is 0.437 e. The van der Waals surface area contributed by atoms with Crippen LogP contribution in [0.3, 0.4) is 0 Å². The zero-order chi connectivity index (χ0) is 26.6. The Kier molecular flexibility index (Phi) is 7.62. The second kappa shape index (κ2) is 10.5. The molecule has 1 N–H and O–H groups in total. The Hall–Kier alpha value is -4.40. The summed E-state index contributed by atoms with van der Waals surface area (Å²) in [4.78, 5) is 16.1. The fraction of sp³-hybridized carbons (Fsp3) is 0.190. The molecular formula is C21H12ClF4N5O5. The fourth-order valence-electron chi connectivity index (χ4n) is 2.91. The van der Waals surface area contributed by atoms with Crippen molar-refractivity contribution in [2.24, 2.45) is 0 Å². The van der Waals surface area contributed by atoms with E-state index in [4.69, 9.17) is 31.4 Å². The Bertz CT molecular complexity index is 1460. The molecule has 0 spiro atoms. The molecule has 2 heterocycles. The molecule has 2 aromatic heterocycles. The molecule has 1 aromatic carbocycles. The highest BCUT2D eigenvalue weighted by Crippen LogP contribution is 2.36. The number of hydrogen-bond acceptors (Lipinski definition) is 8. The number of rotatable bonds is 7. The summed E-state index contributed by atoms with van der Waals surface area (Å²) in [5.41, 5.74) is -4.30. The van der Waals surface area contributed by atoms with Gasteiger partial charge in [0.05, 0.1) is 18.5 Å². The van der Waals surface area contributed by atoms with Crippen molar-refractivity contribution in [1.82, 2.24) is 9.55 Å². The van der Waals surface area contributed by atoms with Crippen LogP contribution in [0.1, 0.15) is 22.5 Å². The number of pyridine rings is 1. The normalized spacial score (nSPS) is 11.0. The van der Waals surface area contributed by atoms with Crippen LogP contribution in [-0.2, 0) is 12.7 Å². The third kappa shape index (κ3) is 5.46. The van der Waals surface area contributed by atoms with Gasteiger partial charge < -0.3 is 19.8 Å². The third-order valence-electron chi connectivity index (χ3n) is 4.50. The van der Waals surface area contributed by atoms with E-state index in [9.17, 15) is 32.8 Å². The number of benzene rings is 1. The maximum atomic E-state index is 14.5. The van der Waals surface area contributed by atoms with Crippen LogP contribution in [0.15, 0.2) is 35.5 Å². The molecular weight excluding hydrogens is 514 g/mol. The average Bonchev–Trinajstić information content (AvgIpc) is 2.82. The summed E-state index contributed by atoms with van der Waals surface area (Å²) in [6.07, 6.45) is -3.86. The molecule has 0 aliphatic heterocycles. The van der Waals surface area contributed by atoms with Gasteiger partial charge in [0.25, 0.3) is 5.56 Å². The largest absolute Gasteiger partial charge is 0.618 e. The zero-order valence-electron chi connectivity index (χ0n) is 17.7. The number of aliphatic hydroxyl groups is 1. The molecule has 0 unspecified atom stereocenters. The standard InChI is InChI=1S/C21H12ClF4N5O5/c22-13-3-12(7-28)17(23)15(5-13)36-18-19(21(24,25)26)29-10-30(20(18)33)8-14-4-11(6-27)16(9-31(14)34)35-2-1-32/h3-5,9-10,32H,1-2,8H2. The van der Waals surface area contributed by atoms with Gasteiger partial charge in [0.15, 0.2) is 17.3 Å². The van der Waals surface area contributed by atoms with Crippen molar-refractivity contribution in [1.29, 1.82) is 10.5 Å². The SMILES string of the molecule is N#Cc1cc(Cn2cnc(C(F)(F)F)c(Oc3cc(Cl)cc(C#N)c3F)c2=O)[n+]([O-])cc1OCCO. The maximum absolute atomic E-state index is 14.5. The molecule has 0 aliphatic carbocycles. The van der Waals surface area contributed by atoms with E-state index in [-0.39, 0.29) is 33.4 Å². The Morgan fingerprint density at radius 3 is 2.50 bits per heavy atom. The number of nitrogens with zero attached hydrogens (tertiary/aromatic N) is 5. The number of aromatic nitrogens is 3. The highest BCUT2D eigenvalue weighted by Gasteiger charge is 2.39. The summed E-state index contributed by atoms with van der Waals surface area (Å²) in [5, 5.41) is 39.2. The van der Waals surface area contributed by atoms with Gasteiger partial charge >= 0.3 is 6.18 Å². The van der Waals surface area contributed by atoms with Gasteiger partial charge in [0.1, 0.15) is 30.9 Å². The van der Waals surface area contributed by atoms with Gasteiger partial charge in [-0.25, -0.2) is 9.37 Å². The number of aliphatic hydroxyl groups excluding tert-OH is 1. The minimum Gasteiger partial charge on any atom is -0.618 e. The smallest absolute Gasteiger partial charge is 0.437 e. The van der Waals surface area contributed by atoms with Crippen LogP contribution in [0, 0.1) is 33.7 Å². The number of hydrogen-bond donors (Lipinski definition) is 1. The first kappa shape index (κ1) is 26.2. The topological polar surface area (TPSA) is 148 Å². The lowest BCUT2D eigenvalue weighted by atomic mass is 10.2. The molecule has 0 radical (unpaired) electrons. The van der Waals surface area contributed by atoms with E-state index >= 15 is 0 Å². The van der Waals surface area contributed by atoms with Crippen molar-refractivity contribution in [3.8, 4) is 29.4 Å². The van der Waals surface area contributed by atoms with Gasteiger partial charge in [0.2, 0.25) is 23.4 Å². The predicted molar refractivity (Wildman–Crippen MR) is 111 cm³/mol. The van der Waals surface area contributed by atoms with Crippen LogP contribution < -0.4 is 19.8 Å². The first-order chi connectivity index (χ1) is 17.0. The Balaban J connectivity index is 2.11. The molecule has 10 nitrogen and oxygen atoms in total. The Labute approximate surface area is 203 Å². The molecule has 186 valence electrons.